The van der Waals surface area contributed by atoms with Gasteiger partial charge in [0.1, 0.15) is 5.69 Å². The molecule has 3 aromatic rings. The van der Waals surface area contributed by atoms with Gasteiger partial charge in [0, 0.05) is 12.7 Å². The number of aromatic nitrogens is 3. The van der Waals surface area contributed by atoms with Gasteiger partial charge in [0.05, 0.1) is 16.7 Å². The molecule has 2 heterocycles. The molecule has 22 heavy (non-hydrogen) atoms. The van der Waals surface area contributed by atoms with Crippen LogP contribution in [0.2, 0.25) is 0 Å². The molecule has 0 saturated carbocycles. The van der Waals surface area contributed by atoms with Gasteiger partial charge >= 0.3 is 0 Å². The van der Waals surface area contributed by atoms with Crippen molar-refractivity contribution in [1.82, 2.24) is 19.7 Å². The minimum absolute atomic E-state index is 0.421. The first-order chi connectivity index (χ1) is 10.7. The van der Waals surface area contributed by atoms with Gasteiger partial charge in [0.2, 0.25) is 0 Å². The van der Waals surface area contributed by atoms with E-state index in [2.05, 4.69) is 28.8 Å². The SMILES string of the molecule is C=C(NCCCCC)c1cn2c(nc3ccccc32)c(N)n1. The van der Waals surface area contributed by atoms with Gasteiger partial charge in [-0.3, -0.25) is 4.40 Å². The quantitative estimate of drug-likeness (QED) is 0.685. The Morgan fingerprint density at radius 2 is 2.09 bits per heavy atom. The monoisotopic (exact) mass is 295 g/mol. The van der Waals surface area contributed by atoms with Crippen molar-refractivity contribution < 1.29 is 0 Å². The fourth-order valence-electron chi connectivity index (χ4n) is 2.54. The molecule has 0 atom stereocenters. The molecule has 0 unspecified atom stereocenters. The summed E-state index contributed by atoms with van der Waals surface area (Å²) in [7, 11) is 0. The second-order valence-electron chi connectivity index (χ2n) is 5.42. The van der Waals surface area contributed by atoms with Crippen molar-refractivity contribution in [3.8, 4) is 0 Å². The average molecular weight is 295 g/mol. The zero-order chi connectivity index (χ0) is 15.5. The van der Waals surface area contributed by atoms with Crippen LogP contribution in [0.15, 0.2) is 37.0 Å². The third kappa shape index (κ3) is 2.62. The minimum atomic E-state index is 0.421. The Kier molecular flexibility index (Phi) is 3.96. The number of imidazole rings is 1. The number of hydrogen-bond acceptors (Lipinski definition) is 4. The van der Waals surface area contributed by atoms with Crippen LogP contribution >= 0.6 is 0 Å². The summed E-state index contributed by atoms with van der Waals surface area (Å²) in [6, 6.07) is 7.95. The van der Waals surface area contributed by atoms with Crippen LogP contribution < -0.4 is 11.1 Å². The third-order valence-corrected chi connectivity index (χ3v) is 3.75. The van der Waals surface area contributed by atoms with Crippen LogP contribution in [0.3, 0.4) is 0 Å². The number of anilines is 1. The average Bonchev–Trinajstić information content (AvgIpc) is 2.91. The fraction of sp³-hybridized carbons (Fsp3) is 0.294. The van der Waals surface area contributed by atoms with Crippen LogP contribution in [0.4, 0.5) is 5.82 Å². The van der Waals surface area contributed by atoms with E-state index in [0.717, 1.165) is 35.4 Å². The summed E-state index contributed by atoms with van der Waals surface area (Å²) in [4.78, 5) is 8.95. The molecule has 3 N–H and O–H groups in total. The summed E-state index contributed by atoms with van der Waals surface area (Å²) < 4.78 is 1.98. The lowest BCUT2D eigenvalue weighted by Crippen LogP contribution is -2.15. The van der Waals surface area contributed by atoms with Crippen molar-refractivity contribution in [2.24, 2.45) is 0 Å². The molecule has 5 heteroatoms. The number of fused-ring (bicyclic) bond motifs is 3. The first kappa shape index (κ1) is 14.4. The maximum absolute atomic E-state index is 6.07. The first-order valence-corrected chi connectivity index (χ1v) is 7.67. The molecule has 0 amide bonds. The first-order valence-electron chi connectivity index (χ1n) is 7.67. The van der Waals surface area contributed by atoms with Crippen molar-refractivity contribution >= 4 is 28.2 Å². The molecular weight excluding hydrogens is 274 g/mol. The minimum Gasteiger partial charge on any atom is -0.384 e. The lowest BCUT2D eigenvalue weighted by atomic mass is 10.2. The van der Waals surface area contributed by atoms with Crippen LogP contribution in [-0.4, -0.2) is 20.9 Å². The highest BCUT2D eigenvalue weighted by atomic mass is 15.1. The van der Waals surface area contributed by atoms with E-state index >= 15 is 0 Å². The summed E-state index contributed by atoms with van der Waals surface area (Å²) in [6.07, 6.45) is 5.48. The topological polar surface area (TPSA) is 68.2 Å². The van der Waals surface area contributed by atoms with Crippen LogP contribution in [0.5, 0.6) is 0 Å². The van der Waals surface area contributed by atoms with Gasteiger partial charge in [-0.05, 0) is 18.6 Å². The third-order valence-electron chi connectivity index (χ3n) is 3.75. The van der Waals surface area contributed by atoms with Crippen molar-refractivity contribution in [2.75, 3.05) is 12.3 Å². The number of rotatable bonds is 6. The molecule has 0 spiro atoms. The van der Waals surface area contributed by atoms with E-state index < -0.39 is 0 Å². The normalized spacial score (nSPS) is 11.1. The molecule has 0 fully saturated rings. The van der Waals surface area contributed by atoms with Gasteiger partial charge in [-0.15, -0.1) is 0 Å². The van der Waals surface area contributed by atoms with Gasteiger partial charge in [0.25, 0.3) is 0 Å². The second-order valence-corrected chi connectivity index (χ2v) is 5.42. The number of nitrogens with zero attached hydrogens (tertiary/aromatic N) is 3. The maximum atomic E-state index is 6.07. The van der Waals surface area contributed by atoms with Crippen molar-refractivity contribution in [1.29, 1.82) is 0 Å². The lowest BCUT2D eigenvalue weighted by molar-refractivity contribution is 0.688. The molecule has 0 saturated heterocycles. The Morgan fingerprint density at radius 1 is 1.27 bits per heavy atom. The number of unbranched alkanes of at least 4 members (excludes halogenated alkanes) is 2. The molecule has 5 nitrogen and oxygen atoms in total. The standard InChI is InChI=1S/C17H21N5/c1-3-4-7-10-19-12(2)14-11-22-15-9-6-5-8-13(15)21-17(22)16(18)20-14/h5-6,8-9,11,19H,2-4,7,10H2,1H3,(H2,18,20). The predicted octanol–water partition coefficient (Wildman–Crippen LogP) is 3.22. The molecule has 3 rings (SSSR count). The second kappa shape index (κ2) is 6.05. The van der Waals surface area contributed by atoms with Crippen LogP contribution in [-0.2, 0) is 0 Å². The summed E-state index contributed by atoms with van der Waals surface area (Å²) in [6.45, 7) is 7.16. The van der Waals surface area contributed by atoms with Crippen LogP contribution in [0.1, 0.15) is 31.9 Å². The highest BCUT2D eigenvalue weighted by Crippen LogP contribution is 2.21. The zero-order valence-electron chi connectivity index (χ0n) is 12.8. The zero-order valence-corrected chi connectivity index (χ0v) is 12.8. The number of benzene rings is 1. The molecule has 1 aromatic carbocycles. The maximum Gasteiger partial charge on any atom is 0.180 e. The Morgan fingerprint density at radius 3 is 2.91 bits per heavy atom. The van der Waals surface area contributed by atoms with E-state index in [1.807, 2.05) is 34.9 Å². The molecule has 0 aliphatic heterocycles. The highest BCUT2D eigenvalue weighted by molar-refractivity contribution is 5.84. The number of nitrogens with two attached hydrogens (primary N) is 1. The van der Waals surface area contributed by atoms with Crippen LogP contribution in [0, 0.1) is 0 Å². The summed E-state index contributed by atoms with van der Waals surface area (Å²) >= 11 is 0. The highest BCUT2D eigenvalue weighted by Gasteiger charge is 2.11. The van der Waals surface area contributed by atoms with E-state index in [-0.39, 0.29) is 0 Å². The Labute approximate surface area is 129 Å². The molecule has 0 aliphatic carbocycles. The Bertz CT molecular complexity index is 818. The molecule has 0 bridgehead atoms. The van der Waals surface area contributed by atoms with Gasteiger partial charge in [-0.1, -0.05) is 38.5 Å². The smallest absolute Gasteiger partial charge is 0.180 e. The largest absolute Gasteiger partial charge is 0.384 e. The van der Waals surface area contributed by atoms with Gasteiger partial charge in [-0.2, -0.15) is 0 Å². The molecular formula is C17H21N5. The van der Waals surface area contributed by atoms with Gasteiger partial charge in [-0.25, -0.2) is 9.97 Å². The van der Waals surface area contributed by atoms with Gasteiger partial charge in [0.15, 0.2) is 11.5 Å². The number of nitrogen functional groups attached to an aromatic ring is 1. The predicted molar refractivity (Wildman–Crippen MR) is 91.5 cm³/mol. The lowest BCUT2D eigenvalue weighted by Gasteiger charge is -2.10. The van der Waals surface area contributed by atoms with E-state index in [4.69, 9.17) is 5.73 Å². The van der Waals surface area contributed by atoms with Gasteiger partial charge < -0.3 is 11.1 Å². The molecule has 0 aliphatic rings. The van der Waals surface area contributed by atoms with E-state index in [0.29, 0.717) is 11.5 Å². The fourth-order valence-corrected chi connectivity index (χ4v) is 2.54. The van der Waals surface area contributed by atoms with Crippen molar-refractivity contribution in [3.63, 3.8) is 0 Å². The number of para-hydroxylation sites is 2. The summed E-state index contributed by atoms with van der Waals surface area (Å²) in [5, 5.41) is 3.32. The van der Waals surface area contributed by atoms with Crippen molar-refractivity contribution in [2.45, 2.75) is 26.2 Å². The Balaban J connectivity index is 1.94. The Hall–Kier alpha value is -2.56. The van der Waals surface area contributed by atoms with Crippen LogP contribution in [0.25, 0.3) is 22.4 Å². The van der Waals surface area contributed by atoms with Crippen molar-refractivity contribution in [3.05, 3.63) is 42.7 Å². The number of hydrogen-bond donors (Lipinski definition) is 2. The number of nitrogens with one attached hydrogen (secondary N) is 1. The summed E-state index contributed by atoms with van der Waals surface area (Å²) in [5.74, 6) is 0.421. The molecule has 114 valence electrons. The summed E-state index contributed by atoms with van der Waals surface area (Å²) in [5.41, 5.74) is 10.2. The molecule has 0 radical (unpaired) electrons. The van der Waals surface area contributed by atoms with E-state index in [9.17, 15) is 0 Å². The van der Waals surface area contributed by atoms with E-state index in [1.165, 1.54) is 12.8 Å². The molecule has 2 aromatic heterocycles. The van der Waals surface area contributed by atoms with E-state index in [1.54, 1.807) is 0 Å².